The molecule has 0 spiro atoms. The van der Waals surface area contributed by atoms with Crippen molar-refractivity contribution in [2.24, 2.45) is 5.92 Å². The van der Waals surface area contributed by atoms with Crippen LogP contribution in [0.4, 0.5) is 4.39 Å². The topological polar surface area (TPSA) is 42.4 Å². The lowest BCUT2D eigenvalue weighted by molar-refractivity contribution is 0.0505. The van der Waals surface area contributed by atoms with E-state index in [0.717, 1.165) is 19.3 Å². The summed E-state index contributed by atoms with van der Waals surface area (Å²) in [4.78, 5) is 18.9. The third kappa shape index (κ3) is 2.75. The second-order valence-electron chi connectivity index (χ2n) is 6.51. The Morgan fingerprint density at radius 3 is 2.83 bits per heavy atom. The molecule has 4 rings (SSSR count). The van der Waals surface area contributed by atoms with E-state index in [2.05, 4.69) is 4.98 Å². The van der Waals surface area contributed by atoms with E-state index < -0.39 is 0 Å². The molecule has 124 valence electrons. The number of benzene rings is 1. The molecule has 1 saturated carbocycles. The number of amides is 1. The number of fused-ring (bicyclic) bond motifs is 2. The smallest absolute Gasteiger partial charge is 0.256 e. The third-order valence-corrected chi connectivity index (χ3v) is 5.12. The van der Waals surface area contributed by atoms with Crippen molar-refractivity contribution in [1.29, 1.82) is 0 Å². The van der Waals surface area contributed by atoms with Crippen LogP contribution in [0.5, 0.6) is 5.75 Å². The van der Waals surface area contributed by atoms with Crippen LogP contribution in [-0.2, 0) is 0 Å². The van der Waals surface area contributed by atoms with Gasteiger partial charge in [-0.2, -0.15) is 0 Å². The van der Waals surface area contributed by atoms with Crippen molar-refractivity contribution in [2.75, 3.05) is 6.61 Å². The maximum absolute atomic E-state index is 13.0. The lowest BCUT2D eigenvalue weighted by Gasteiger charge is -2.35. The van der Waals surface area contributed by atoms with E-state index in [-0.39, 0.29) is 17.8 Å². The molecule has 1 aliphatic heterocycles. The molecule has 1 saturated heterocycles. The molecule has 2 aromatic rings. The number of hydrogen-bond acceptors (Lipinski definition) is 3. The van der Waals surface area contributed by atoms with Crippen molar-refractivity contribution in [3.8, 4) is 5.75 Å². The Hall–Kier alpha value is -2.43. The van der Waals surface area contributed by atoms with E-state index in [9.17, 15) is 9.18 Å². The van der Waals surface area contributed by atoms with Gasteiger partial charge < -0.3 is 9.64 Å². The summed E-state index contributed by atoms with van der Waals surface area (Å²) in [5, 5.41) is 0. The first-order valence-electron chi connectivity index (χ1n) is 8.33. The number of likely N-dealkylation sites (tertiary alicyclic amines) is 1. The van der Waals surface area contributed by atoms with Crippen LogP contribution < -0.4 is 4.74 Å². The summed E-state index contributed by atoms with van der Waals surface area (Å²) >= 11 is 0. The Bertz CT molecular complexity index is 720. The fraction of sp³-hybridized carbons (Fsp3) is 0.368. The van der Waals surface area contributed by atoms with Crippen LogP contribution in [0.1, 0.15) is 29.6 Å². The molecule has 5 heteroatoms. The van der Waals surface area contributed by atoms with E-state index in [0.29, 0.717) is 29.9 Å². The zero-order valence-electron chi connectivity index (χ0n) is 13.3. The molecule has 2 aliphatic rings. The van der Waals surface area contributed by atoms with Gasteiger partial charge in [-0.1, -0.05) is 0 Å². The molecule has 1 aromatic heterocycles. The van der Waals surface area contributed by atoms with Crippen LogP contribution in [0.2, 0.25) is 0 Å². The number of ether oxygens (including phenoxy) is 1. The number of pyridine rings is 1. The fourth-order valence-electron chi connectivity index (χ4n) is 3.98. The van der Waals surface area contributed by atoms with Gasteiger partial charge >= 0.3 is 0 Å². The Morgan fingerprint density at radius 2 is 2.08 bits per heavy atom. The van der Waals surface area contributed by atoms with Gasteiger partial charge in [0, 0.05) is 18.4 Å². The van der Waals surface area contributed by atoms with Gasteiger partial charge in [0.1, 0.15) is 18.2 Å². The quantitative estimate of drug-likeness (QED) is 0.866. The molecule has 2 fully saturated rings. The number of aromatic nitrogens is 1. The average Bonchev–Trinajstić information content (AvgIpc) is 3.23. The number of rotatable bonds is 4. The summed E-state index contributed by atoms with van der Waals surface area (Å²) in [6.07, 6.45) is 6.53. The number of carbonyl (C=O) groups is 1. The van der Waals surface area contributed by atoms with Gasteiger partial charge in [-0.3, -0.25) is 9.78 Å². The van der Waals surface area contributed by atoms with Gasteiger partial charge in [-0.25, -0.2) is 4.39 Å². The van der Waals surface area contributed by atoms with Crippen molar-refractivity contribution in [3.63, 3.8) is 0 Å². The SMILES string of the molecule is O=C(c1cccnc1)N1[C@@H]2CC[C@H](C2)[C@H]1COc1ccc(F)cc1. The maximum Gasteiger partial charge on any atom is 0.256 e. The average molecular weight is 326 g/mol. The van der Waals surface area contributed by atoms with Gasteiger partial charge in [0.2, 0.25) is 0 Å². The number of piperidine rings is 1. The molecule has 2 heterocycles. The minimum absolute atomic E-state index is 0.0306. The molecule has 1 amide bonds. The van der Waals surface area contributed by atoms with Crippen molar-refractivity contribution in [3.05, 3.63) is 60.2 Å². The zero-order valence-corrected chi connectivity index (χ0v) is 13.3. The molecule has 24 heavy (non-hydrogen) atoms. The van der Waals surface area contributed by atoms with Gasteiger partial charge in [-0.15, -0.1) is 0 Å². The second-order valence-corrected chi connectivity index (χ2v) is 6.51. The minimum atomic E-state index is -0.282. The highest BCUT2D eigenvalue weighted by Crippen LogP contribution is 2.43. The van der Waals surface area contributed by atoms with Crippen LogP contribution in [-0.4, -0.2) is 34.5 Å². The molecule has 0 unspecified atom stereocenters. The number of hydrogen-bond donors (Lipinski definition) is 0. The highest BCUT2D eigenvalue weighted by molar-refractivity contribution is 5.94. The largest absolute Gasteiger partial charge is 0.491 e. The zero-order chi connectivity index (χ0) is 16.5. The van der Waals surface area contributed by atoms with E-state index in [4.69, 9.17) is 4.74 Å². The molecular weight excluding hydrogens is 307 g/mol. The van der Waals surface area contributed by atoms with E-state index >= 15 is 0 Å². The van der Waals surface area contributed by atoms with E-state index in [1.807, 2.05) is 4.90 Å². The molecule has 4 nitrogen and oxygen atoms in total. The molecule has 0 N–H and O–H groups in total. The molecule has 2 bridgehead atoms. The first kappa shape index (κ1) is 15.1. The standard InChI is InChI=1S/C19H19FN2O2/c20-15-4-7-17(8-5-15)24-12-18-13-3-6-16(10-13)22(18)19(23)14-2-1-9-21-11-14/h1-2,4-5,7-9,11,13,16,18H,3,6,10,12H2/t13-,16-,18-/m1/s1. The molecule has 1 aromatic carbocycles. The maximum atomic E-state index is 13.0. The number of carbonyl (C=O) groups excluding carboxylic acids is 1. The highest BCUT2D eigenvalue weighted by atomic mass is 19.1. The number of halogens is 1. The number of nitrogens with zero attached hydrogens (tertiary/aromatic N) is 2. The van der Waals surface area contributed by atoms with Gasteiger partial charge in [0.05, 0.1) is 11.6 Å². The Balaban J connectivity index is 1.50. The second kappa shape index (κ2) is 6.23. The molecular formula is C19H19FN2O2. The molecule has 1 aliphatic carbocycles. The summed E-state index contributed by atoms with van der Waals surface area (Å²) in [5.41, 5.74) is 0.622. The van der Waals surface area contributed by atoms with Crippen LogP contribution in [0.25, 0.3) is 0 Å². The van der Waals surface area contributed by atoms with Crippen LogP contribution >= 0.6 is 0 Å². The molecule has 3 atom stereocenters. The van der Waals surface area contributed by atoms with Crippen LogP contribution in [0.3, 0.4) is 0 Å². The summed E-state index contributed by atoms with van der Waals surface area (Å²) in [5.74, 6) is 0.864. The monoisotopic (exact) mass is 326 g/mol. The van der Waals surface area contributed by atoms with Gasteiger partial charge in [-0.05, 0) is 61.6 Å². The van der Waals surface area contributed by atoms with Crippen molar-refractivity contribution in [2.45, 2.75) is 31.3 Å². The van der Waals surface area contributed by atoms with Gasteiger partial charge in [0.15, 0.2) is 0 Å². The third-order valence-electron chi connectivity index (χ3n) is 5.12. The lowest BCUT2D eigenvalue weighted by atomic mass is 9.99. The Labute approximate surface area is 140 Å². The Morgan fingerprint density at radius 1 is 1.25 bits per heavy atom. The molecule has 0 radical (unpaired) electrons. The normalized spacial score (nSPS) is 25.0. The van der Waals surface area contributed by atoms with Crippen molar-refractivity contribution in [1.82, 2.24) is 9.88 Å². The fourth-order valence-corrected chi connectivity index (χ4v) is 3.98. The minimum Gasteiger partial charge on any atom is -0.491 e. The summed E-state index contributed by atoms with van der Waals surface area (Å²) in [6, 6.07) is 9.96. The first-order valence-corrected chi connectivity index (χ1v) is 8.33. The summed E-state index contributed by atoms with van der Waals surface area (Å²) < 4.78 is 18.8. The van der Waals surface area contributed by atoms with E-state index in [1.165, 1.54) is 12.1 Å². The van der Waals surface area contributed by atoms with Crippen LogP contribution in [0.15, 0.2) is 48.8 Å². The van der Waals surface area contributed by atoms with Crippen LogP contribution in [0, 0.1) is 11.7 Å². The summed E-state index contributed by atoms with van der Waals surface area (Å²) in [7, 11) is 0. The van der Waals surface area contributed by atoms with Crippen molar-refractivity contribution >= 4 is 5.91 Å². The van der Waals surface area contributed by atoms with E-state index in [1.54, 1.807) is 36.7 Å². The van der Waals surface area contributed by atoms with Gasteiger partial charge in [0.25, 0.3) is 5.91 Å². The predicted octanol–water partition coefficient (Wildman–Crippen LogP) is 3.29. The highest BCUT2D eigenvalue weighted by Gasteiger charge is 2.48. The van der Waals surface area contributed by atoms with Crippen molar-refractivity contribution < 1.29 is 13.9 Å². The lowest BCUT2D eigenvalue weighted by Crippen LogP contribution is -2.47. The summed E-state index contributed by atoms with van der Waals surface area (Å²) in [6.45, 7) is 0.443. The predicted molar refractivity (Wildman–Crippen MR) is 87.2 cm³/mol. The first-order chi connectivity index (χ1) is 11.7. The Kier molecular flexibility index (Phi) is 3.92.